The van der Waals surface area contributed by atoms with E-state index >= 15 is 0 Å². The van der Waals surface area contributed by atoms with Gasteiger partial charge in [0.1, 0.15) is 46.0 Å². The lowest BCUT2D eigenvalue weighted by Gasteiger charge is -2.16. The van der Waals surface area contributed by atoms with Crippen LogP contribution in [0.2, 0.25) is 0 Å². The first-order chi connectivity index (χ1) is 34.3. The molecule has 4 aromatic carbocycles. The van der Waals surface area contributed by atoms with E-state index in [0.717, 1.165) is 138 Å². The SMILES string of the molecule is CCCCCOC(=O)c1cc(OCCCCC)cc(OCCCCC)c1C.CCCCCOc1cc(OCCCCC)c(C)c(C(=O)O)c1.Cc1c(O)cc(O)cc1C(=O)O.O=C(O)c1cc(O)cc(O)c1. The van der Waals surface area contributed by atoms with Gasteiger partial charge in [-0.25, -0.2) is 19.2 Å². The molecule has 0 saturated carbocycles. The van der Waals surface area contributed by atoms with Gasteiger partial charge < -0.3 is 59.4 Å². The summed E-state index contributed by atoms with van der Waals surface area (Å²) in [6, 6.07) is 12.5. The maximum Gasteiger partial charge on any atom is 0.338 e. The number of hydrogen-bond donors (Lipinski definition) is 7. The fourth-order valence-corrected chi connectivity index (χ4v) is 6.60. The van der Waals surface area contributed by atoms with Gasteiger partial charge in [0.2, 0.25) is 0 Å². The molecule has 0 amide bonds. The molecule has 0 aliphatic carbocycles. The summed E-state index contributed by atoms with van der Waals surface area (Å²) in [7, 11) is 0. The number of carbonyl (C=O) groups excluding carboxylic acids is 1. The van der Waals surface area contributed by atoms with Crippen molar-refractivity contribution in [2.24, 2.45) is 0 Å². The van der Waals surface area contributed by atoms with Gasteiger partial charge in [0, 0.05) is 41.0 Å². The van der Waals surface area contributed by atoms with E-state index < -0.39 is 17.9 Å². The summed E-state index contributed by atoms with van der Waals surface area (Å²) < 4.78 is 28.7. The first kappa shape index (κ1) is 63.2. The highest BCUT2D eigenvalue weighted by Gasteiger charge is 2.18. The van der Waals surface area contributed by atoms with Gasteiger partial charge in [0.15, 0.2) is 0 Å². The summed E-state index contributed by atoms with van der Waals surface area (Å²) in [5.74, 6) is -1.99. The summed E-state index contributed by atoms with van der Waals surface area (Å²) in [6.07, 6.45) is 16.1. The lowest BCUT2D eigenvalue weighted by atomic mass is 10.1. The van der Waals surface area contributed by atoms with Gasteiger partial charge in [-0.05, 0) is 83.2 Å². The number of phenolic OH excluding ortho intramolecular Hbond substituents is 4. The Labute approximate surface area is 425 Å². The Bertz CT molecular complexity index is 2230. The van der Waals surface area contributed by atoms with Crippen molar-refractivity contribution in [1.82, 2.24) is 0 Å². The Hall–Kier alpha value is -6.84. The van der Waals surface area contributed by atoms with E-state index in [-0.39, 0.29) is 51.2 Å². The van der Waals surface area contributed by atoms with Crippen molar-refractivity contribution < 1.29 is 78.6 Å². The molecule has 0 aliphatic heterocycles. The van der Waals surface area contributed by atoms with Crippen LogP contribution in [0.25, 0.3) is 0 Å². The van der Waals surface area contributed by atoms with Crippen molar-refractivity contribution in [2.45, 2.75) is 152 Å². The average molecular weight is 1010 g/mol. The summed E-state index contributed by atoms with van der Waals surface area (Å²) >= 11 is 0. The van der Waals surface area contributed by atoms with Crippen LogP contribution >= 0.6 is 0 Å². The number of rotatable bonds is 28. The van der Waals surface area contributed by atoms with Crippen molar-refractivity contribution in [2.75, 3.05) is 33.0 Å². The van der Waals surface area contributed by atoms with Gasteiger partial charge in [-0.15, -0.1) is 0 Å². The normalized spacial score (nSPS) is 10.3. The Morgan fingerprint density at radius 2 is 0.750 bits per heavy atom. The summed E-state index contributed by atoms with van der Waals surface area (Å²) in [4.78, 5) is 44.7. The minimum absolute atomic E-state index is 0.0903. The average Bonchev–Trinajstić information content (AvgIpc) is 3.33. The van der Waals surface area contributed by atoms with Crippen LogP contribution in [-0.4, -0.2) is 92.7 Å². The van der Waals surface area contributed by atoms with Crippen LogP contribution in [-0.2, 0) is 4.74 Å². The van der Waals surface area contributed by atoms with Crippen LogP contribution in [0, 0.1) is 20.8 Å². The quantitative estimate of drug-likeness (QED) is 0.0206. The number of carboxylic acids is 3. The molecule has 16 heteroatoms. The molecule has 400 valence electrons. The summed E-state index contributed by atoms with van der Waals surface area (Å²) in [5.41, 5.74) is 2.30. The predicted octanol–water partition coefficient (Wildman–Crippen LogP) is 13.2. The molecule has 0 aromatic heterocycles. The van der Waals surface area contributed by atoms with Crippen molar-refractivity contribution in [3.05, 3.63) is 93.5 Å². The van der Waals surface area contributed by atoms with E-state index in [0.29, 0.717) is 61.4 Å². The largest absolute Gasteiger partial charge is 0.508 e. The molecule has 0 spiro atoms. The lowest BCUT2D eigenvalue weighted by Crippen LogP contribution is -2.11. The minimum atomic E-state index is -1.18. The number of unbranched alkanes of at least 4 members (excludes halogenated alkanes) is 10. The second-order valence-electron chi connectivity index (χ2n) is 17.0. The maximum absolute atomic E-state index is 12.6. The zero-order chi connectivity index (χ0) is 54.0. The van der Waals surface area contributed by atoms with Gasteiger partial charge in [0.25, 0.3) is 0 Å². The monoisotopic (exact) mass is 1010 g/mol. The number of phenols is 4. The number of carbonyl (C=O) groups is 4. The maximum atomic E-state index is 12.6. The molecule has 0 fully saturated rings. The molecular formula is C56H80O16. The Balaban J connectivity index is 0.000000511. The molecular weight excluding hydrogens is 929 g/mol. The van der Waals surface area contributed by atoms with E-state index in [1.807, 2.05) is 13.0 Å². The second kappa shape index (κ2) is 36.1. The van der Waals surface area contributed by atoms with Crippen molar-refractivity contribution >= 4 is 23.9 Å². The minimum Gasteiger partial charge on any atom is -0.508 e. The number of esters is 1. The zero-order valence-electron chi connectivity index (χ0n) is 43.6. The van der Waals surface area contributed by atoms with Gasteiger partial charge >= 0.3 is 23.9 Å². The molecule has 72 heavy (non-hydrogen) atoms. The Kier molecular flexibility index (Phi) is 31.7. The molecule has 0 radical (unpaired) electrons. The molecule has 0 saturated heterocycles. The van der Waals surface area contributed by atoms with Gasteiger partial charge in [0.05, 0.1) is 55.3 Å². The highest BCUT2D eigenvalue weighted by Crippen LogP contribution is 2.31. The third-order valence-electron chi connectivity index (χ3n) is 10.9. The van der Waals surface area contributed by atoms with E-state index in [1.54, 1.807) is 25.1 Å². The van der Waals surface area contributed by atoms with E-state index in [2.05, 4.69) is 34.6 Å². The number of aromatic carboxylic acids is 3. The fraction of sp³-hybridized carbons (Fsp3) is 0.500. The number of hydrogen-bond acceptors (Lipinski definition) is 13. The van der Waals surface area contributed by atoms with Gasteiger partial charge in [-0.1, -0.05) is 98.8 Å². The highest BCUT2D eigenvalue weighted by atomic mass is 16.5. The Morgan fingerprint density at radius 1 is 0.389 bits per heavy atom. The molecule has 0 unspecified atom stereocenters. The van der Waals surface area contributed by atoms with Crippen LogP contribution in [0.4, 0.5) is 0 Å². The molecule has 16 nitrogen and oxygen atoms in total. The molecule has 0 aliphatic rings. The molecule has 0 heterocycles. The topological polar surface area (TPSA) is 256 Å². The molecule has 0 atom stereocenters. The van der Waals surface area contributed by atoms with Crippen LogP contribution in [0.15, 0.2) is 54.6 Å². The summed E-state index contributed by atoms with van der Waals surface area (Å²) in [6.45, 7) is 18.9. The van der Waals surface area contributed by atoms with Crippen LogP contribution in [0.3, 0.4) is 0 Å². The highest BCUT2D eigenvalue weighted by molar-refractivity contribution is 5.93. The standard InChI is InChI=1S/C23H38O4.C18H28O4.C8H8O4.C7H6O4/c1-5-8-11-14-25-20-17-21(23(24)27-16-13-10-7-3)19(4)22(18-20)26-15-12-9-6-2;1-4-6-8-10-21-15-12-16(18(19)20)14(3)17(13-15)22-11-9-7-5-2;1-4-6(8(11)12)2-5(9)3-7(4)10;8-5-1-4(7(10)11)2-6(9)3-5/h17-18H,5-16H2,1-4H3;12-13H,4-11H2,1-3H3,(H,19,20);2-3,9-10H,1H3,(H,11,12);1-3,8-9H,(H,10,11). The van der Waals surface area contributed by atoms with Crippen LogP contribution < -0.4 is 18.9 Å². The third kappa shape index (κ3) is 24.8. The van der Waals surface area contributed by atoms with Crippen molar-refractivity contribution in [3.8, 4) is 46.0 Å². The molecule has 4 rings (SSSR count). The van der Waals surface area contributed by atoms with Crippen molar-refractivity contribution in [1.29, 1.82) is 0 Å². The van der Waals surface area contributed by atoms with Crippen LogP contribution in [0.1, 0.15) is 189 Å². The zero-order valence-corrected chi connectivity index (χ0v) is 43.6. The predicted molar refractivity (Wildman–Crippen MR) is 277 cm³/mol. The third-order valence-corrected chi connectivity index (χ3v) is 10.9. The second-order valence-corrected chi connectivity index (χ2v) is 17.0. The van der Waals surface area contributed by atoms with E-state index in [1.165, 1.54) is 6.92 Å². The molecule has 4 aromatic rings. The number of carboxylic acid groups (broad SMARTS) is 3. The van der Waals surface area contributed by atoms with Crippen molar-refractivity contribution in [3.63, 3.8) is 0 Å². The first-order valence-electron chi connectivity index (χ1n) is 25.1. The number of ether oxygens (including phenoxy) is 5. The van der Waals surface area contributed by atoms with E-state index in [4.69, 9.17) is 54.3 Å². The number of aromatic hydroxyl groups is 4. The summed E-state index contributed by atoms with van der Waals surface area (Å²) in [5, 5.41) is 62.0. The van der Waals surface area contributed by atoms with Crippen LogP contribution in [0.5, 0.6) is 46.0 Å². The number of benzene rings is 4. The first-order valence-corrected chi connectivity index (χ1v) is 25.1. The van der Waals surface area contributed by atoms with Gasteiger partial charge in [-0.2, -0.15) is 0 Å². The molecule has 7 N–H and O–H groups in total. The molecule has 0 bridgehead atoms. The van der Waals surface area contributed by atoms with Gasteiger partial charge in [-0.3, -0.25) is 0 Å². The Morgan fingerprint density at radius 3 is 1.15 bits per heavy atom. The van der Waals surface area contributed by atoms with E-state index in [9.17, 15) is 24.3 Å². The lowest BCUT2D eigenvalue weighted by molar-refractivity contribution is 0.0494. The smallest absolute Gasteiger partial charge is 0.338 e. The fourth-order valence-electron chi connectivity index (χ4n) is 6.60.